The fourth-order valence-electron chi connectivity index (χ4n) is 7.90. The number of nitrogens with zero attached hydrogens (tertiary/aromatic N) is 1. The van der Waals surface area contributed by atoms with Crippen LogP contribution in [0.4, 0.5) is 0 Å². The highest BCUT2D eigenvalue weighted by Gasteiger charge is 2.22. The van der Waals surface area contributed by atoms with Gasteiger partial charge < -0.3 is 33.3 Å². The summed E-state index contributed by atoms with van der Waals surface area (Å²) in [5, 5.41) is 11.8. The summed E-state index contributed by atoms with van der Waals surface area (Å²) in [7, 11) is 5.90. The lowest BCUT2D eigenvalue weighted by Gasteiger charge is -2.26. The van der Waals surface area contributed by atoms with Crippen molar-refractivity contribution in [3.05, 3.63) is 109 Å². The Bertz CT molecular complexity index is 1590. The Morgan fingerprint density at radius 3 is 1.16 bits per heavy atom. The number of quaternary nitrogens is 1. The van der Waals surface area contributed by atoms with Crippen LogP contribution in [0.2, 0.25) is 0 Å². The summed E-state index contributed by atoms with van der Waals surface area (Å²) < 4.78 is 22.7. The number of unbranched alkanes of at least 4 members (excludes halogenated alkanes) is 21. The summed E-state index contributed by atoms with van der Waals surface area (Å²) in [5.41, 5.74) is 0. The Balaban J connectivity index is 4.27. The van der Waals surface area contributed by atoms with Gasteiger partial charge in [-0.15, -0.1) is 0 Å². The second-order valence-corrected chi connectivity index (χ2v) is 20.9. The van der Waals surface area contributed by atoms with E-state index in [2.05, 4.69) is 123 Å². The van der Waals surface area contributed by atoms with E-state index < -0.39 is 24.3 Å². The first-order chi connectivity index (χ1) is 36.6. The van der Waals surface area contributed by atoms with Crippen LogP contribution in [-0.4, -0.2) is 82.3 Å². The molecule has 0 aliphatic carbocycles. The molecule has 0 aliphatic rings. The average Bonchev–Trinajstić information content (AvgIpc) is 3.38. The number of ether oxygens (including phenoxy) is 4. The second kappa shape index (κ2) is 56.2. The molecule has 0 spiro atoms. The Morgan fingerprint density at radius 2 is 0.760 bits per heavy atom. The fourth-order valence-corrected chi connectivity index (χ4v) is 7.90. The highest BCUT2D eigenvalue weighted by molar-refractivity contribution is 5.70. The van der Waals surface area contributed by atoms with Crippen molar-refractivity contribution in [2.45, 2.75) is 245 Å². The van der Waals surface area contributed by atoms with Crippen molar-refractivity contribution in [1.29, 1.82) is 0 Å². The summed E-state index contributed by atoms with van der Waals surface area (Å²) in [5.74, 6) is -2.35. The van der Waals surface area contributed by atoms with Crippen LogP contribution in [0.5, 0.6) is 0 Å². The Hall–Kier alpha value is -4.05. The normalized spacial score (nSPS) is 13.6. The molecular weight excluding hydrogens is 935 g/mol. The standard InChI is InChI=1S/C66H111NO8/c1-6-8-10-12-14-16-18-20-22-24-26-28-29-30-31-32-33-34-35-37-38-40-42-44-46-48-50-52-54-56-63(68)73-60-62(61-74-66(65(70)71)72-59-58-67(3,4)5)75-64(69)57-55-53-51-49-47-45-43-41-39-36-27-25-23-21-19-17-15-13-11-9-7-2/h9,11,15,17-18,20-21,23-24,26-27,29-30,36,41,43,47,49,62,66H,6-8,10,12-14,16,19,22,25,28,31-35,37-40,42,44-46,48,50-61H2,1-5H3/b11-9-,17-15-,20-18-,23-21-,26-24-,30-29-,36-27-,43-41-,49-47-. The van der Waals surface area contributed by atoms with Crippen molar-refractivity contribution in [2.24, 2.45) is 0 Å². The van der Waals surface area contributed by atoms with Gasteiger partial charge in [-0.05, 0) is 103 Å². The topological polar surface area (TPSA) is 111 Å². The average molecular weight is 1050 g/mol. The van der Waals surface area contributed by atoms with E-state index in [0.29, 0.717) is 17.4 Å². The minimum atomic E-state index is -1.64. The van der Waals surface area contributed by atoms with E-state index >= 15 is 0 Å². The quantitative estimate of drug-likeness (QED) is 0.0195. The van der Waals surface area contributed by atoms with Crippen molar-refractivity contribution in [2.75, 3.05) is 47.5 Å². The molecule has 428 valence electrons. The summed E-state index contributed by atoms with van der Waals surface area (Å²) in [6, 6.07) is 0. The van der Waals surface area contributed by atoms with Crippen LogP contribution in [0.3, 0.4) is 0 Å². The minimum Gasteiger partial charge on any atom is -0.545 e. The van der Waals surface area contributed by atoms with Gasteiger partial charge in [0.05, 0.1) is 40.3 Å². The van der Waals surface area contributed by atoms with Gasteiger partial charge in [0.1, 0.15) is 13.2 Å². The van der Waals surface area contributed by atoms with E-state index in [1.807, 2.05) is 21.1 Å². The summed E-state index contributed by atoms with van der Waals surface area (Å²) in [4.78, 5) is 37.3. The van der Waals surface area contributed by atoms with Gasteiger partial charge in [0.15, 0.2) is 12.4 Å². The molecule has 75 heavy (non-hydrogen) atoms. The monoisotopic (exact) mass is 1050 g/mol. The third kappa shape index (κ3) is 57.5. The number of hydrogen-bond donors (Lipinski definition) is 0. The summed E-state index contributed by atoms with van der Waals surface area (Å²) in [6.07, 6.45) is 74.3. The molecule has 9 heteroatoms. The van der Waals surface area contributed by atoms with Crippen LogP contribution in [0.15, 0.2) is 109 Å². The molecule has 0 amide bonds. The van der Waals surface area contributed by atoms with Gasteiger partial charge in [0.25, 0.3) is 0 Å². The molecule has 0 heterocycles. The molecule has 0 aromatic rings. The van der Waals surface area contributed by atoms with Crippen LogP contribution in [0.25, 0.3) is 0 Å². The molecule has 0 aromatic heterocycles. The van der Waals surface area contributed by atoms with E-state index in [1.165, 1.54) is 116 Å². The van der Waals surface area contributed by atoms with E-state index in [1.54, 1.807) is 0 Å². The lowest BCUT2D eigenvalue weighted by molar-refractivity contribution is -0.870. The van der Waals surface area contributed by atoms with E-state index in [-0.39, 0.29) is 38.6 Å². The molecule has 2 unspecified atom stereocenters. The summed E-state index contributed by atoms with van der Waals surface area (Å²) >= 11 is 0. The smallest absolute Gasteiger partial charge is 0.306 e. The first-order valence-corrected chi connectivity index (χ1v) is 30.0. The number of carbonyl (C=O) groups is 3. The number of carboxylic acid groups (broad SMARTS) is 1. The second-order valence-electron chi connectivity index (χ2n) is 20.9. The minimum absolute atomic E-state index is 0.133. The number of esters is 2. The van der Waals surface area contributed by atoms with E-state index in [9.17, 15) is 19.5 Å². The molecular formula is C66H111NO8. The van der Waals surface area contributed by atoms with Crippen molar-refractivity contribution >= 4 is 17.9 Å². The molecule has 2 atom stereocenters. The Morgan fingerprint density at radius 1 is 0.413 bits per heavy atom. The van der Waals surface area contributed by atoms with Gasteiger partial charge in [0.2, 0.25) is 0 Å². The molecule has 0 bridgehead atoms. The van der Waals surface area contributed by atoms with Crippen LogP contribution < -0.4 is 5.11 Å². The Labute approximate surface area is 460 Å². The van der Waals surface area contributed by atoms with Crippen molar-refractivity contribution < 1.29 is 42.9 Å². The molecule has 0 radical (unpaired) electrons. The molecule has 9 nitrogen and oxygen atoms in total. The molecule has 0 fully saturated rings. The highest BCUT2D eigenvalue weighted by atomic mass is 16.7. The van der Waals surface area contributed by atoms with Gasteiger partial charge >= 0.3 is 11.9 Å². The van der Waals surface area contributed by atoms with Crippen LogP contribution in [0.1, 0.15) is 232 Å². The molecule has 0 saturated carbocycles. The largest absolute Gasteiger partial charge is 0.545 e. The number of likely N-dealkylation sites (N-methyl/N-ethyl adjacent to an activating group) is 1. The van der Waals surface area contributed by atoms with Crippen molar-refractivity contribution in [1.82, 2.24) is 0 Å². The first kappa shape index (κ1) is 71.0. The third-order valence-electron chi connectivity index (χ3n) is 12.5. The summed E-state index contributed by atoms with van der Waals surface area (Å²) in [6.45, 7) is 4.56. The lowest BCUT2D eigenvalue weighted by atomic mass is 10.0. The van der Waals surface area contributed by atoms with Gasteiger partial charge in [-0.3, -0.25) is 9.59 Å². The number of allylic oxidation sites excluding steroid dienone is 18. The zero-order valence-corrected chi connectivity index (χ0v) is 48.6. The van der Waals surface area contributed by atoms with E-state index in [0.717, 1.165) is 83.5 Å². The first-order valence-electron chi connectivity index (χ1n) is 30.0. The maximum absolute atomic E-state index is 12.8. The number of rotatable bonds is 54. The van der Waals surface area contributed by atoms with Crippen molar-refractivity contribution in [3.8, 4) is 0 Å². The zero-order chi connectivity index (χ0) is 54.8. The highest BCUT2D eigenvalue weighted by Crippen LogP contribution is 2.15. The SMILES string of the molecule is CC/C=C\C/C=C\C/C=C\C/C=C\C/C=C\C/C=C\CCCCC(=O)OC(COC(=O)CCCCCCCCCCCCCCCC/C=C\C/C=C\C/C=C\CCCCCCC)COC(OCC[N+](C)(C)C)C(=O)[O-]. The number of aliphatic carboxylic acids is 1. The maximum atomic E-state index is 12.8. The van der Waals surface area contributed by atoms with Crippen LogP contribution >= 0.6 is 0 Å². The predicted molar refractivity (Wildman–Crippen MR) is 315 cm³/mol. The molecule has 0 saturated heterocycles. The molecule has 0 aromatic carbocycles. The van der Waals surface area contributed by atoms with Gasteiger partial charge in [-0.1, -0.05) is 226 Å². The Kier molecular flexibility index (Phi) is 53.1. The fraction of sp³-hybridized carbons (Fsp3) is 0.682. The van der Waals surface area contributed by atoms with Crippen LogP contribution in [-0.2, 0) is 33.3 Å². The maximum Gasteiger partial charge on any atom is 0.306 e. The van der Waals surface area contributed by atoms with Crippen molar-refractivity contribution in [3.63, 3.8) is 0 Å². The van der Waals surface area contributed by atoms with Gasteiger partial charge in [-0.25, -0.2) is 0 Å². The lowest BCUT2D eigenvalue weighted by Crippen LogP contribution is -2.44. The predicted octanol–water partition coefficient (Wildman–Crippen LogP) is 16.6. The van der Waals surface area contributed by atoms with Crippen LogP contribution in [0, 0.1) is 0 Å². The van der Waals surface area contributed by atoms with E-state index in [4.69, 9.17) is 18.9 Å². The number of carboxylic acids is 1. The molecule has 0 N–H and O–H groups in total. The molecule has 0 aliphatic heterocycles. The number of hydrogen-bond acceptors (Lipinski definition) is 8. The van der Waals surface area contributed by atoms with Gasteiger partial charge in [-0.2, -0.15) is 0 Å². The third-order valence-corrected chi connectivity index (χ3v) is 12.5. The zero-order valence-electron chi connectivity index (χ0n) is 48.6. The van der Waals surface area contributed by atoms with Gasteiger partial charge in [0, 0.05) is 12.8 Å². The molecule has 0 rings (SSSR count). The number of carbonyl (C=O) groups excluding carboxylic acids is 3.